The topological polar surface area (TPSA) is 93.5 Å². The third-order valence-electron chi connectivity index (χ3n) is 5.00. The van der Waals surface area contributed by atoms with E-state index in [1.54, 1.807) is 0 Å². The lowest BCUT2D eigenvalue weighted by Crippen LogP contribution is -2.35. The number of nitrogens with one attached hydrogen (secondary N) is 1. The van der Waals surface area contributed by atoms with Crippen LogP contribution >= 0.6 is 0 Å². The van der Waals surface area contributed by atoms with Crippen molar-refractivity contribution >= 4 is 27.3 Å². The standard InChI is InChI=1S/C21H24N4O3S/c1-16-11-12-25(14-16)19-7-5-18(6-8-19)23-21(26)15-24(2)29(27,28)20-9-3-17(13-22)4-10-20/h3-10,16H,11-12,14-15H2,1-2H3,(H,23,26). The molecule has 1 N–H and O–H groups in total. The number of nitriles is 1. The van der Waals surface area contributed by atoms with E-state index in [0.29, 0.717) is 17.2 Å². The molecule has 1 atom stereocenters. The number of hydrogen-bond acceptors (Lipinski definition) is 5. The number of benzene rings is 2. The minimum Gasteiger partial charge on any atom is -0.371 e. The molecule has 0 saturated carbocycles. The van der Waals surface area contributed by atoms with Crippen molar-refractivity contribution in [3.05, 3.63) is 54.1 Å². The zero-order valence-electron chi connectivity index (χ0n) is 16.5. The largest absolute Gasteiger partial charge is 0.371 e. The molecule has 0 spiro atoms. The van der Waals surface area contributed by atoms with Crippen molar-refractivity contribution in [1.29, 1.82) is 5.26 Å². The van der Waals surface area contributed by atoms with Gasteiger partial charge in [0.25, 0.3) is 0 Å². The summed E-state index contributed by atoms with van der Waals surface area (Å²) in [5.41, 5.74) is 2.11. The van der Waals surface area contributed by atoms with Gasteiger partial charge in [0, 0.05) is 31.5 Å². The van der Waals surface area contributed by atoms with Crippen LogP contribution in [0.15, 0.2) is 53.4 Å². The highest BCUT2D eigenvalue weighted by atomic mass is 32.2. The van der Waals surface area contributed by atoms with E-state index in [0.717, 1.165) is 23.1 Å². The zero-order chi connectivity index (χ0) is 21.0. The summed E-state index contributed by atoms with van der Waals surface area (Å²) in [7, 11) is -2.47. The third kappa shape index (κ3) is 4.94. The van der Waals surface area contributed by atoms with Crippen LogP contribution in [0, 0.1) is 17.2 Å². The Morgan fingerprint density at radius 3 is 2.41 bits per heavy atom. The number of carbonyl (C=O) groups is 1. The zero-order valence-corrected chi connectivity index (χ0v) is 17.3. The van der Waals surface area contributed by atoms with Gasteiger partial charge in [0.05, 0.1) is 23.1 Å². The van der Waals surface area contributed by atoms with Crippen molar-refractivity contribution in [3.8, 4) is 6.07 Å². The predicted molar refractivity (Wildman–Crippen MR) is 112 cm³/mol. The number of amides is 1. The van der Waals surface area contributed by atoms with Crippen molar-refractivity contribution in [2.24, 2.45) is 5.92 Å². The molecule has 1 saturated heterocycles. The van der Waals surface area contributed by atoms with Crippen molar-refractivity contribution in [3.63, 3.8) is 0 Å². The molecule has 2 aromatic rings. The Balaban J connectivity index is 1.60. The molecule has 0 bridgehead atoms. The van der Waals surface area contributed by atoms with Crippen LogP contribution in [0.5, 0.6) is 0 Å². The van der Waals surface area contributed by atoms with Gasteiger partial charge in [0.1, 0.15) is 0 Å². The number of carbonyl (C=O) groups excluding carboxylic acids is 1. The first-order valence-corrected chi connectivity index (χ1v) is 10.8. The molecule has 1 aliphatic heterocycles. The summed E-state index contributed by atoms with van der Waals surface area (Å²) < 4.78 is 26.2. The third-order valence-corrected chi connectivity index (χ3v) is 6.82. The van der Waals surface area contributed by atoms with Gasteiger partial charge in [0.2, 0.25) is 15.9 Å². The Bertz CT molecular complexity index is 1010. The van der Waals surface area contributed by atoms with Crippen LogP contribution in [-0.2, 0) is 14.8 Å². The summed E-state index contributed by atoms with van der Waals surface area (Å²) in [6, 6.07) is 15.1. The fraction of sp³-hybridized carbons (Fsp3) is 0.333. The monoisotopic (exact) mass is 412 g/mol. The molecule has 0 aliphatic carbocycles. The molecule has 7 nitrogen and oxygen atoms in total. The molecular weight excluding hydrogens is 388 g/mol. The molecule has 1 amide bonds. The maximum absolute atomic E-state index is 12.6. The van der Waals surface area contributed by atoms with E-state index in [-0.39, 0.29) is 11.4 Å². The van der Waals surface area contributed by atoms with E-state index >= 15 is 0 Å². The molecule has 2 aromatic carbocycles. The van der Waals surface area contributed by atoms with Crippen molar-refractivity contribution in [2.45, 2.75) is 18.2 Å². The van der Waals surface area contributed by atoms with Crippen molar-refractivity contribution < 1.29 is 13.2 Å². The van der Waals surface area contributed by atoms with Gasteiger partial charge in [-0.05, 0) is 60.9 Å². The normalized spacial score (nSPS) is 16.6. The molecule has 1 fully saturated rings. The molecule has 3 rings (SSSR count). The van der Waals surface area contributed by atoms with Crippen LogP contribution in [0.4, 0.5) is 11.4 Å². The molecule has 29 heavy (non-hydrogen) atoms. The highest BCUT2D eigenvalue weighted by molar-refractivity contribution is 7.89. The number of anilines is 2. The highest BCUT2D eigenvalue weighted by Gasteiger charge is 2.23. The first-order chi connectivity index (χ1) is 13.8. The van der Waals surface area contributed by atoms with Gasteiger partial charge in [0.15, 0.2) is 0 Å². The first kappa shape index (κ1) is 20.8. The van der Waals surface area contributed by atoms with E-state index in [4.69, 9.17) is 5.26 Å². The van der Waals surface area contributed by atoms with Crippen LogP contribution in [0.3, 0.4) is 0 Å². The highest BCUT2D eigenvalue weighted by Crippen LogP contribution is 2.24. The Hall–Kier alpha value is -2.89. The summed E-state index contributed by atoms with van der Waals surface area (Å²) >= 11 is 0. The van der Waals surface area contributed by atoms with E-state index in [9.17, 15) is 13.2 Å². The van der Waals surface area contributed by atoms with Crippen molar-refractivity contribution in [2.75, 3.05) is 36.9 Å². The number of hydrogen-bond donors (Lipinski definition) is 1. The molecule has 0 aromatic heterocycles. The molecule has 1 heterocycles. The van der Waals surface area contributed by atoms with Gasteiger partial charge in [-0.2, -0.15) is 9.57 Å². The predicted octanol–water partition coefficient (Wildman–Crippen LogP) is 2.66. The number of likely N-dealkylation sites (N-methyl/N-ethyl adjacent to an activating group) is 1. The minimum atomic E-state index is -3.82. The lowest BCUT2D eigenvalue weighted by molar-refractivity contribution is -0.116. The Morgan fingerprint density at radius 1 is 1.21 bits per heavy atom. The quantitative estimate of drug-likeness (QED) is 0.787. The Kier molecular flexibility index (Phi) is 6.20. The fourth-order valence-corrected chi connectivity index (χ4v) is 4.42. The lowest BCUT2D eigenvalue weighted by atomic mass is 10.2. The van der Waals surface area contributed by atoms with Crippen LogP contribution in [0.2, 0.25) is 0 Å². The van der Waals surface area contributed by atoms with Crippen LogP contribution in [0.1, 0.15) is 18.9 Å². The summed E-state index contributed by atoms with van der Waals surface area (Å²) in [5, 5.41) is 11.6. The average molecular weight is 413 g/mol. The van der Waals surface area contributed by atoms with Gasteiger partial charge >= 0.3 is 0 Å². The second-order valence-electron chi connectivity index (χ2n) is 7.33. The first-order valence-electron chi connectivity index (χ1n) is 9.41. The summed E-state index contributed by atoms with van der Waals surface area (Å²) in [6.45, 7) is 3.99. The smallest absolute Gasteiger partial charge is 0.243 e. The van der Waals surface area contributed by atoms with Gasteiger partial charge < -0.3 is 10.2 Å². The van der Waals surface area contributed by atoms with Gasteiger partial charge in [-0.15, -0.1) is 0 Å². The Labute approximate surface area is 171 Å². The van der Waals surface area contributed by atoms with Crippen LogP contribution in [0.25, 0.3) is 0 Å². The van der Waals surface area contributed by atoms with Gasteiger partial charge in [-0.3, -0.25) is 4.79 Å². The number of nitrogens with zero attached hydrogens (tertiary/aromatic N) is 3. The molecular formula is C21H24N4O3S. The SMILES string of the molecule is CC1CCN(c2ccc(NC(=O)CN(C)S(=O)(=O)c3ccc(C#N)cc3)cc2)C1. The van der Waals surface area contributed by atoms with Crippen LogP contribution < -0.4 is 10.2 Å². The van der Waals surface area contributed by atoms with Crippen molar-refractivity contribution in [1.82, 2.24) is 4.31 Å². The fourth-order valence-electron chi connectivity index (χ4n) is 3.29. The molecule has 0 radical (unpaired) electrons. The maximum Gasteiger partial charge on any atom is 0.243 e. The Morgan fingerprint density at radius 2 is 1.86 bits per heavy atom. The minimum absolute atomic E-state index is 0.0380. The van der Waals surface area contributed by atoms with Gasteiger partial charge in [-0.1, -0.05) is 6.92 Å². The molecule has 1 unspecified atom stereocenters. The van der Waals surface area contributed by atoms with E-state index in [2.05, 4.69) is 17.1 Å². The maximum atomic E-state index is 12.6. The second-order valence-corrected chi connectivity index (χ2v) is 9.38. The average Bonchev–Trinajstić information content (AvgIpc) is 3.14. The summed E-state index contributed by atoms with van der Waals surface area (Å²) in [5.74, 6) is 0.259. The lowest BCUT2D eigenvalue weighted by Gasteiger charge is -2.19. The second kappa shape index (κ2) is 8.64. The van der Waals surface area contributed by atoms with E-state index < -0.39 is 15.9 Å². The molecule has 152 valence electrons. The van der Waals surface area contributed by atoms with Gasteiger partial charge in [-0.25, -0.2) is 8.42 Å². The van der Waals surface area contributed by atoms with E-state index in [1.165, 1.54) is 37.7 Å². The molecule has 8 heteroatoms. The molecule has 1 aliphatic rings. The number of sulfonamides is 1. The summed E-state index contributed by atoms with van der Waals surface area (Å²) in [4.78, 5) is 14.7. The van der Waals surface area contributed by atoms with E-state index in [1.807, 2.05) is 30.3 Å². The summed E-state index contributed by atoms with van der Waals surface area (Å²) in [6.07, 6.45) is 1.18. The number of rotatable bonds is 6. The van der Waals surface area contributed by atoms with Crippen LogP contribution in [-0.4, -0.2) is 45.3 Å².